The van der Waals surface area contributed by atoms with E-state index in [4.69, 9.17) is 4.42 Å². The van der Waals surface area contributed by atoms with Crippen LogP contribution in [0.1, 0.15) is 193 Å². The Balaban J connectivity index is 1.36. The maximum atomic E-state index is 16.3. The molecule has 0 radical (unpaired) electrons. The molecule has 71 heavy (non-hydrogen) atoms. The molecule has 5 aromatic carbocycles. The summed E-state index contributed by atoms with van der Waals surface area (Å²) >= 11 is 0. The number of benzene rings is 5. The summed E-state index contributed by atoms with van der Waals surface area (Å²) in [6, 6.07) is 29.6. The van der Waals surface area contributed by atoms with Crippen LogP contribution in [0.25, 0.3) is 11.1 Å². The van der Waals surface area contributed by atoms with Crippen molar-refractivity contribution in [3.63, 3.8) is 0 Å². The molecule has 1 aromatic heterocycles. The van der Waals surface area contributed by atoms with E-state index in [1.807, 2.05) is 6.07 Å². The summed E-state index contributed by atoms with van der Waals surface area (Å²) in [5, 5.41) is 0. The first-order chi connectivity index (χ1) is 32.9. The molecule has 0 fully saturated rings. The van der Waals surface area contributed by atoms with Gasteiger partial charge in [-0.1, -0.05) is 158 Å². The summed E-state index contributed by atoms with van der Waals surface area (Å²) < 4.78 is 56.7. The van der Waals surface area contributed by atoms with Gasteiger partial charge in [-0.05, 0) is 158 Å². The summed E-state index contributed by atoms with van der Waals surface area (Å²) in [7, 11) is 0. The van der Waals surface area contributed by atoms with Gasteiger partial charge in [-0.3, -0.25) is 0 Å². The van der Waals surface area contributed by atoms with Crippen LogP contribution in [0.15, 0.2) is 89.3 Å². The Morgan fingerprint density at radius 2 is 1.04 bits per heavy atom. The van der Waals surface area contributed by atoms with Crippen molar-refractivity contribution in [1.82, 2.24) is 0 Å². The number of aryl methyl sites for hydroxylation is 1. The zero-order chi connectivity index (χ0) is 51.1. The van der Waals surface area contributed by atoms with Crippen molar-refractivity contribution in [3.05, 3.63) is 135 Å². The highest BCUT2D eigenvalue weighted by Gasteiger charge is 2.55. The largest absolute Gasteiger partial charge is 0.472 e. The first kappa shape index (κ1) is 48.1. The molecule has 0 saturated heterocycles. The van der Waals surface area contributed by atoms with Crippen molar-refractivity contribution in [2.24, 2.45) is 0 Å². The van der Waals surface area contributed by atoms with Gasteiger partial charge in [-0.25, -0.2) is 0 Å². The van der Waals surface area contributed by atoms with Crippen molar-refractivity contribution in [2.45, 2.75) is 193 Å². The number of alkyl halides is 3. The molecular weight excluding hydrogens is 881 g/mol. The second-order valence-corrected chi connectivity index (χ2v) is 27.3. The lowest BCUT2D eigenvalue weighted by molar-refractivity contribution is -0.137. The molecule has 0 atom stereocenters. The summed E-state index contributed by atoms with van der Waals surface area (Å²) in [5.74, 6) is 0.951. The van der Waals surface area contributed by atoms with Crippen LogP contribution in [-0.4, -0.2) is 6.71 Å². The standard InChI is InChI=1S/C64H74BF3N2O/c1-37-32-39(57(2,3)4)22-25-46(37)69-48-33-40(64(66,67)68)34-49-52(48)65(56-54(69)51-55(71-56)63(15,16)31-30-62(51,13)14)45-24-23-42-50(61(11,12)29-28-58(42,5)6)53(45)70(49)47-36-44-43(59(7,8)26-27-60(44,9)10)35-41(47)38-20-18-17-19-21-38/h17-25,32-36H,26-31H2,1-16H3. The fourth-order valence-electron chi connectivity index (χ4n) is 13.7. The molecule has 7 heteroatoms. The molecule has 370 valence electrons. The Labute approximate surface area is 422 Å². The second-order valence-electron chi connectivity index (χ2n) is 27.3. The average molecular weight is 955 g/mol. The molecule has 2 aliphatic heterocycles. The van der Waals surface area contributed by atoms with Crippen LogP contribution in [0.3, 0.4) is 0 Å². The Morgan fingerprint density at radius 3 is 1.62 bits per heavy atom. The van der Waals surface area contributed by atoms with Gasteiger partial charge in [0.05, 0.1) is 22.6 Å². The lowest BCUT2D eigenvalue weighted by Crippen LogP contribution is -2.62. The highest BCUT2D eigenvalue weighted by Crippen LogP contribution is 2.60. The van der Waals surface area contributed by atoms with Crippen LogP contribution >= 0.6 is 0 Å². The second kappa shape index (κ2) is 15.0. The van der Waals surface area contributed by atoms with Crippen molar-refractivity contribution in [2.75, 3.05) is 9.80 Å². The summed E-state index contributed by atoms with van der Waals surface area (Å²) in [5.41, 5.74) is 15.9. The first-order valence-electron chi connectivity index (χ1n) is 26.4. The lowest BCUT2D eigenvalue weighted by Gasteiger charge is -2.50. The molecule has 0 bridgehead atoms. The Hall–Kier alpha value is -5.17. The molecule has 6 aromatic rings. The fourth-order valence-corrected chi connectivity index (χ4v) is 13.7. The lowest BCUT2D eigenvalue weighted by atomic mass is 9.34. The third-order valence-corrected chi connectivity index (χ3v) is 18.4. The molecule has 0 unspecified atom stereocenters. The molecule has 0 N–H and O–H groups in total. The van der Waals surface area contributed by atoms with Gasteiger partial charge >= 0.3 is 6.18 Å². The molecule has 3 aliphatic carbocycles. The fraction of sp³-hybridized carbons (Fsp3) is 0.469. The van der Waals surface area contributed by atoms with Gasteiger partial charge in [0.2, 0.25) is 0 Å². The van der Waals surface area contributed by atoms with Gasteiger partial charge in [0.15, 0.2) is 0 Å². The van der Waals surface area contributed by atoms with E-state index in [9.17, 15) is 0 Å². The minimum atomic E-state index is -4.65. The number of fused-ring (bicyclic) bond motifs is 9. The average Bonchev–Trinajstić information content (AvgIpc) is 3.71. The predicted molar refractivity (Wildman–Crippen MR) is 292 cm³/mol. The smallest absolute Gasteiger partial charge is 0.416 e. The minimum absolute atomic E-state index is 0.102. The third kappa shape index (κ3) is 7.10. The molecule has 11 rings (SSSR count). The van der Waals surface area contributed by atoms with E-state index in [2.05, 4.69) is 187 Å². The van der Waals surface area contributed by atoms with Crippen LogP contribution < -0.4 is 26.4 Å². The van der Waals surface area contributed by atoms with Gasteiger partial charge in [-0.15, -0.1) is 0 Å². The molecule has 3 heterocycles. The van der Waals surface area contributed by atoms with Gasteiger partial charge in [0.25, 0.3) is 6.71 Å². The number of rotatable bonds is 3. The number of nitrogens with zero attached hydrogens (tertiary/aromatic N) is 2. The number of halogens is 3. The van der Waals surface area contributed by atoms with E-state index < -0.39 is 18.5 Å². The summed E-state index contributed by atoms with van der Waals surface area (Å²) in [6.07, 6.45) is 1.22. The molecular formula is C64H74BF3N2O. The number of hydrogen-bond acceptors (Lipinski definition) is 3. The van der Waals surface area contributed by atoms with E-state index in [0.717, 1.165) is 106 Å². The van der Waals surface area contributed by atoms with Crippen LogP contribution in [0, 0.1) is 6.92 Å². The van der Waals surface area contributed by atoms with E-state index in [-0.39, 0.29) is 37.9 Å². The Bertz CT molecular complexity index is 3210. The van der Waals surface area contributed by atoms with Gasteiger partial charge in [-0.2, -0.15) is 13.2 Å². The number of anilines is 6. The molecule has 3 nitrogen and oxygen atoms in total. The first-order valence-corrected chi connectivity index (χ1v) is 26.4. The predicted octanol–water partition coefficient (Wildman–Crippen LogP) is 16.7. The van der Waals surface area contributed by atoms with Crippen molar-refractivity contribution in [3.8, 4) is 11.1 Å². The van der Waals surface area contributed by atoms with Crippen LogP contribution in [0.2, 0.25) is 0 Å². The quantitative estimate of drug-likeness (QED) is 0.165. The maximum absolute atomic E-state index is 16.3. The molecule has 0 saturated carbocycles. The monoisotopic (exact) mass is 955 g/mol. The van der Waals surface area contributed by atoms with E-state index in [1.165, 1.54) is 39.9 Å². The normalized spacial score (nSPS) is 20.6. The topological polar surface area (TPSA) is 19.6 Å². The SMILES string of the molecule is Cc1cc(C(C)(C)C)ccc1N1c2cc(C(F)(F)F)cc3c2B(c2ccc4c(c2N3c2cc3c(cc2-c2ccccc2)C(C)(C)CCC3(C)C)C(C)(C)CCC4(C)C)c2oc3c(c21)C(C)(C)CCC3(C)C. The summed E-state index contributed by atoms with van der Waals surface area (Å²) in [6.45, 7) is 36.3. The third-order valence-electron chi connectivity index (χ3n) is 18.4. The van der Waals surface area contributed by atoms with Crippen molar-refractivity contribution in [1.29, 1.82) is 0 Å². The van der Waals surface area contributed by atoms with Crippen LogP contribution in [0.5, 0.6) is 0 Å². The van der Waals surface area contributed by atoms with E-state index in [0.29, 0.717) is 11.4 Å². The highest BCUT2D eigenvalue weighted by atomic mass is 19.4. The van der Waals surface area contributed by atoms with Crippen molar-refractivity contribution < 1.29 is 17.6 Å². The Morgan fingerprint density at radius 1 is 0.507 bits per heavy atom. The maximum Gasteiger partial charge on any atom is 0.416 e. The highest BCUT2D eigenvalue weighted by molar-refractivity contribution is 6.99. The van der Waals surface area contributed by atoms with Gasteiger partial charge in [0.1, 0.15) is 5.76 Å². The van der Waals surface area contributed by atoms with Crippen molar-refractivity contribution >= 4 is 57.4 Å². The summed E-state index contributed by atoms with van der Waals surface area (Å²) in [4.78, 5) is 4.54. The molecule has 0 amide bonds. The Kier molecular flexibility index (Phi) is 10.1. The van der Waals surface area contributed by atoms with E-state index in [1.54, 1.807) is 0 Å². The van der Waals surface area contributed by atoms with Gasteiger partial charge < -0.3 is 14.2 Å². The minimum Gasteiger partial charge on any atom is -0.472 e. The zero-order valence-corrected chi connectivity index (χ0v) is 45.3. The number of furan rings is 1. The van der Waals surface area contributed by atoms with E-state index >= 15 is 13.2 Å². The number of hydrogen-bond donors (Lipinski definition) is 0. The molecule has 0 spiro atoms. The van der Waals surface area contributed by atoms with Gasteiger partial charge in [0, 0.05) is 39.3 Å². The van der Waals surface area contributed by atoms with Crippen LogP contribution in [-0.2, 0) is 44.1 Å². The molecule has 5 aliphatic rings. The van der Waals surface area contributed by atoms with Crippen LogP contribution in [0.4, 0.5) is 47.3 Å². The zero-order valence-electron chi connectivity index (χ0n) is 45.3.